The number of rotatable bonds is 8. The number of halogens is 1. The second kappa shape index (κ2) is 7.88. The quantitative estimate of drug-likeness (QED) is 0.673. The van der Waals surface area contributed by atoms with Crippen LogP contribution >= 0.6 is 22.9 Å². The van der Waals surface area contributed by atoms with Crippen molar-refractivity contribution in [3.63, 3.8) is 0 Å². The van der Waals surface area contributed by atoms with E-state index in [1.54, 1.807) is 0 Å². The average Bonchev–Trinajstić information content (AvgIpc) is 2.83. The summed E-state index contributed by atoms with van der Waals surface area (Å²) in [4.78, 5) is 0. The molecule has 0 aliphatic carbocycles. The lowest BCUT2D eigenvalue weighted by molar-refractivity contribution is 0.431. The highest BCUT2D eigenvalue weighted by molar-refractivity contribution is 7.17. The molecule has 1 atom stereocenters. The van der Waals surface area contributed by atoms with Gasteiger partial charge in [0, 0.05) is 17.1 Å². The molecule has 0 amide bonds. The number of thiophene rings is 1. The van der Waals surface area contributed by atoms with Crippen LogP contribution in [0.25, 0.3) is 10.1 Å². The molecule has 1 N–H and O–H groups in total. The Balaban J connectivity index is 1.88. The number of alkyl halides is 1. The van der Waals surface area contributed by atoms with E-state index in [0.717, 1.165) is 25.4 Å². The molecule has 1 aromatic heterocycles. The minimum atomic E-state index is 0.715. The standard InChI is InChI=1S/C16H22ClNS/c1-2-5-13(8-9-17)10-18-11-14-12-19-16-7-4-3-6-15(14)16/h3-4,6-7,12-13,18H,2,5,8-11H2,1H3. The van der Waals surface area contributed by atoms with Gasteiger partial charge in [0.05, 0.1) is 0 Å². The molecular formula is C16H22ClNS. The van der Waals surface area contributed by atoms with Crippen molar-refractivity contribution < 1.29 is 0 Å². The molecule has 1 nitrogen and oxygen atoms in total. The molecule has 1 unspecified atom stereocenters. The maximum absolute atomic E-state index is 5.86. The van der Waals surface area contributed by atoms with E-state index < -0.39 is 0 Å². The summed E-state index contributed by atoms with van der Waals surface area (Å²) in [6, 6.07) is 8.63. The summed E-state index contributed by atoms with van der Waals surface area (Å²) < 4.78 is 1.38. The summed E-state index contributed by atoms with van der Waals surface area (Å²) in [5.74, 6) is 1.49. The molecule has 19 heavy (non-hydrogen) atoms. The maximum Gasteiger partial charge on any atom is 0.0346 e. The van der Waals surface area contributed by atoms with Crippen molar-refractivity contribution in [2.24, 2.45) is 5.92 Å². The zero-order chi connectivity index (χ0) is 13.5. The Morgan fingerprint density at radius 1 is 1.26 bits per heavy atom. The van der Waals surface area contributed by atoms with Gasteiger partial charge in [-0.05, 0) is 47.7 Å². The van der Waals surface area contributed by atoms with Crippen molar-refractivity contribution in [3.05, 3.63) is 35.2 Å². The second-order valence-corrected chi connectivity index (χ2v) is 6.31. The van der Waals surface area contributed by atoms with Gasteiger partial charge in [0.25, 0.3) is 0 Å². The minimum Gasteiger partial charge on any atom is -0.312 e. The van der Waals surface area contributed by atoms with Gasteiger partial charge in [-0.2, -0.15) is 0 Å². The third-order valence-electron chi connectivity index (χ3n) is 3.52. The zero-order valence-corrected chi connectivity index (χ0v) is 13.1. The molecule has 0 saturated carbocycles. The molecule has 0 bridgehead atoms. The molecule has 0 aliphatic heterocycles. The number of benzene rings is 1. The van der Waals surface area contributed by atoms with E-state index in [4.69, 9.17) is 11.6 Å². The molecule has 2 aromatic rings. The van der Waals surface area contributed by atoms with Gasteiger partial charge in [-0.1, -0.05) is 31.5 Å². The van der Waals surface area contributed by atoms with Crippen molar-refractivity contribution in [2.75, 3.05) is 12.4 Å². The Labute approximate surface area is 125 Å². The average molecular weight is 296 g/mol. The smallest absolute Gasteiger partial charge is 0.0346 e. The fourth-order valence-electron chi connectivity index (χ4n) is 2.49. The van der Waals surface area contributed by atoms with Gasteiger partial charge in [-0.25, -0.2) is 0 Å². The Kier molecular flexibility index (Phi) is 6.15. The summed E-state index contributed by atoms with van der Waals surface area (Å²) in [7, 11) is 0. The first-order valence-corrected chi connectivity index (χ1v) is 8.48. The van der Waals surface area contributed by atoms with Crippen LogP contribution in [-0.2, 0) is 6.54 Å². The lowest BCUT2D eigenvalue weighted by Crippen LogP contribution is -2.22. The summed E-state index contributed by atoms with van der Waals surface area (Å²) in [6.07, 6.45) is 3.63. The zero-order valence-electron chi connectivity index (χ0n) is 11.5. The predicted molar refractivity (Wildman–Crippen MR) is 87.3 cm³/mol. The van der Waals surface area contributed by atoms with Crippen LogP contribution in [0.4, 0.5) is 0 Å². The van der Waals surface area contributed by atoms with Gasteiger partial charge in [-0.3, -0.25) is 0 Å². The molecular weight excluding hydrogens is 274 g/mol. The Hall–Kier alpha value is -0.570. The molecule has 1 aromatic carbocycles. The van der Waals surface area contributed by atoms with Crippen molar-refractivity contribution in [1.82, 2.24) is 5.32 Å². The summed E-state index contributed by atoms with van der Waals surface area (Å²) in [5.41, 5.74) is 1.42. The minimum absolute atomic E-state index is 0.715. The molecule has 0 saturated heterocycles. The van der Waals surface area contributed by atoms with Crippen molar-refractivity contribution in [1.29, 1.82) is 0 Å². The topological polar surface area (TPSA) is 12.0 Å². The normalized spacial score (nSPS) is 12.9. The van der Waals surface area contributed by atoms with Crippen molar-refractivity contribution in [2.45, 2.75) is 32.7 Å². The molecule has 0 aliphatic rings. The van der Waals surface area contributed by atoms with Crippen LogP contribution in [-0.4, -0.2) is 12.4 Å². The van der Waals surface area contributed by atoms with E-state index in [1.807, 2.05) is 11.3 Å². The molecule has 0 radical (unpaired) electrons. The van der Waals surface area contributed by atoms with E-state index in [0.29, 0.717) is 5.92 Å². The molecule has 0 spiro atoms. The number of hydrogen-bond donors (Lipinski definition) is 1. The first-order valence-electron chi connectivity index (χ1n) is 7.07. The van der Waals surface area contributed by atoms with E-state index in [-0.39, 0.29) is 0 Å². The molecule has 0 fully saturated rings. The lowest BCUT2D eigenvalue weighted by Gasteiger charge is -2.15. The number of hydrogen-bond acceptors (Lipinski definition) is 2. The van der Waals surface area contributed by atoms with Crippen LogP contribution in [0, 0.1) is 5.92 Å². The fraction of sp³-hybridized carbons (Fsp3) is 0.500. The molecule has 1 heterocycles. The van der Waals surface area contributed by atoms with Crippen LogP contribution in [0.5, 0.6) is 0 Å². The highest BCUT2D eigenvalue weighted by atomic mass is 35.5. The Morgan fingerprint density at radius 3 is 2.89 bits per heavy atom. The van der Waals surface area contributed by atoms with Crippen molar-refractivity contribution in [3.8, 4) is 0 Å². The maximum atomic E-state index is 5.86. The monoisotopic (exact) mass is 295 g/mol. The van der Waals surface area contributed by atoms with E-state index in [1.165, 1.54) is 28.5 Å². The lowest BCUT2D eigenvalue weighted by atomic mass is 10.0. The van der Waals surface area contributed by atoms with Gasteiger partial charge in [0.1, 0.15) is 0 Å². The van der Waals surface area contributed by atoms with Gasteiger partial charge >= 0.3 is 0 Å². The third kappa shape index (κ3) is 4.20. The summed E-state index contributed by atoms with van der Waals surface area (Å²) >= 11 is 7.69. The van der Waals surface area contributed by atoms with Gasteiger partial charge in [0.15, 0.2) is 0 Å². The van der Waals surface area contributed by atoms with Crippen LogP contribution < -0.4 is 5.32 Å². The number of fused-ring (bicyclic) bond motifs is 1. The first kappa shape index (κ1) is 14.8. The Bertz CT molecular complexity index is 488. The highest BCUT2D eigenvalue weighted by Crippen LogP contribution is 2.25. The van der Waals surface area contributed by atoms with Crippen LogP contribution in [0.2, 0.25) is 0 Å². The van der Waals surface area contributed by atoms with Gasteiger partial charge in [0.2, 0.25) is 0 Å². The molecule has 2 rings (SSSR count). The van der Waals surface area contributed by atoms with Gasteiger partial charge < -0.3 is 5.32 Å². The summed E-state index contributed by atoms with van der Waals surface area (Å²) in [6.45, 7) is 4.28. The molecule has 3 heteroatoms. The largest absolute Gasteiger partial charge is 0.312 e. The first-order chi connectivity index (χ1) is 9.35. The van der Waals surface area contributed by atoms with Crippen LogP contribution in [0.15, 0.2) is 29.6 Å². The SMILES string of the molecule is CCCC(CCCl)CNCc1csc2ccccc12. The predicted octanol–water partition coefficient (Wildman–Crippen LogP) is 5.04. The van der Waals surface area contributed by atoms with E-state index in [2.05, 4.69) is 41.9 Å². The van der Waals surface area contributed by atoms with Gasteiger partial charge in [-0.15, -0.1) is 22.9 Å². The van der Waals surface area contributed by atoms with E-state index in [9.17, 15) is 0 Å². The molecule has 104 valence electrons. The number of nitrogens with one attached hydrogen (secondary N) is 1. The second-order valence-electron chi connectivity index (χ2n) is 5.02. The van der Waals surface area contributed by atoms with Crippen LogP contribution in [0.1, 0.15) is 31.7 Å². The third-order valence-corrected chi connectivity index (χ3v) is 4.75. The Morgan fingerprint density at radius 2 is 2.11 bits per heavy atom. The van der Waals surface area contributed by atoms with E-state index >= 15 is 0 Å². The fourth-order valence-corrected chi connectivity index (χ4v) is 3.76. The van der Waals surface area contributed by atoms with Crippen molar-refractivity contribution >= 4 is 33.0 Å². The van der Waals surface area contributed by atoms with Crippen LogP contribution in [0.3, 0.4) is 0 Å². The highest BCUT2D eigenvalue weighted by Gasteiger charge is 2.08. The summed E-state index contributed by atoms with van der Waals surface area (Å²) in [5, 5.41) is 7.26.